The summed E-state index contributed by atoms with van der Waals surface area (Å²) in [7, 11) is 1.57. The fourth-order valence-electron chi connectivity index (χ4n) is 0.799. The van der Waals surface area contributed by atoms with E-state index < -0.39 is 0 Å². The molecule has 1 atom stereocenters. The Morgan fingerprint density at radius 3 is 2.73 bits per heavy atom. The van der Waals surface area contributed by atoms with Gasteiger partial charge in [0.25, 0.3) is 0 Å². The third kappa shape index (κ3) is 5.66. The van der Waals surface area contributed by atoms with E-state index in [1.807, 2.05) is 0 Å². The Balaban J connectivity index is 3.44. The highest BCUT2D eigenvalue weighted by atomic mass is 16.1. The van der Waals surface area contributed by atoms with Crippen molar-refractivity contribution in [3.8, 4) is 0 Å². The fourth-order valence-corrected chi connectivity index (χ4v) is 0.799. The Hall–Kier alpha value is -0.770. The molecule has 0 saturated carbocycles. The van der Waals surface area contributed by atoms with Gasteiger partial charge < -0.3 is 10.5 Å². The topological polar surface area (TPSA) is 67.8 Å². The van der Waals surface area contributed by atoms with Crippen molar-refractivity contribution in [1.29, 1.82) is 0 Å². The van der Waals surface area contributed by atoms with Gasteiger partial charge in [-0.25, -0.2) is 0 Å². The first-order valence-corrected chi connectivity index (χ1v) is 3.79. The Kier molecular flexibility index (Phi) is 6.82. The second-order valence-electron chi connectivity index (χ2n) is 2.30. The molecule has 11 heavy (non-hydrogen) atoms. The summed E-state index contributed by atoms with van der Waals surface area (Å²) >= 11 is 0. The Labute approximate surface area is 66.9 Å². The van der Waals surface area contributed by atoms with E-state index in [2.05, 4.69) is 10.2 Å². The minimum atomic E-state index is -0.258. The van der Waals surface area contributed by atoms with Crippen molar-refractivity contribution in [2.24, 2.45) is 16.0 Å². The van der Waals surface area contributed by atoms with Gasteiger partial charge in [0.05, 0.1) is 0 Å². The molecule has 0 saturated heterocycles. The number of hydrogen-bond acceptors (Lipinski definition) is 4. The molecule has 0 aliphatic rings. The van der Waals surface area contributed by atoms with Crippen LogP contribution in [0.15, 0.2) is 10.2 Å². The highest BCUT2D eigenvalue weighted by molar-refractivity contribution is 5.57. The molecule has 0 aliphatic carbocycles. The SMILES string of the molecule is C/N=N/C(C=O)CCCCN. The summed E-state index contributed by atoms with van der Waals surface area (Å²) in [5.41, 5.74) is 5.29. The summed E-state index contributed by atoms with van der Waals surface area (Å²) in [6.45, 7) is 0.675. The molecule has 2 N–H and O–H groups in total. The fraction of sp³-hybridized carbons (Fsp3) is 0.857. The Bertz CT molecular complexity index is 125. The molecule has 0 aromatic carbocycles. The van der Waals surface area contributed by atoms with Crippen molar-refractivity contribution in [3.63, 3.8) is 0 Å². The number of hydrogen-bond donors (Lipinski definition) is 1. The van der Waals surface area contributed by atoms with Crippen molar-refractivity contribution < 1.29 is 4.79 Å². The first-order chi connectivity index (χ1) is 5.35. The average molecular weight is 157 g/mol. The van der Waals surface area contributed by atoms with Crippen LogP contribution < -0.4 is 5.73 Å². The van der Waals surface area contributed by atoms with Gasteiger partial charge in [-0.05, 0) is 25.8 Å². The molecule has 0 rings (SSSR count). The van der Waals surface area contributed by atoms with Gasteiger partial charge in [0, 0.05) is 7.05 Å². The third-order valence-corrected chi connectivity index (χ3v) is 1.37. The maximum absolute atomic E-state index is 10.3. The lowest BCUT2D eigenvalue weighted by atomic mass is 10.1. The minimum absolute atomic E-state index is 0.258. The molecule has 0 amide bonds. The van der Waals surface area contributed by atoms with Crippen LogP contribution in [0, 0.1) is 0 Å². The largest absolute Gasteiger partial charge is 0.330 e. The van der Waals surface area contributed by atoms with Crippen molar-refractivity contribution >= 4 is 6.29 Å². The number of nitrogens with zero attached hydrogens (tertiary/aromatic N) is 2. The van der Waals surface area contributed by atoms with Crippen LogP contribution >= 0.6 is 0 Å². The first-order valence-electron chi connectivity index (χ1n) is 3.79. The Morgan fingerprint density at radius 1 is 1.55 bits per heavy atom. The predicted molar refractivity (Wildman–Crippen MR) is 43.5 cm³/mol. The van der Waals surface area contributed by atoms with Crippen molar-refractivity contribution in [2.75, 3.05) is 13.6 Å². The van der Waals surface area contributed by atoms with E-state index in [0.717, 1.165) is 25.5 Å². The molecule has 4 heteroatoms. The molecule has 0 aromatic rings. The number of rotatable bonds is 6. The van der Waals surface area contributed by atoms with Crippen LogP contribution in [0.3, 0.4) is 0 Å². The van der Waals surface area contributed by atoms with Crippen LogP contribution in [-0.2, 0) is 4.79 Å². The van der Waals surface area contributed by atoms with Gasteiger partial charge >= 0.3 is 0 Å². The zero-order valence-corrected chi connectivity index (χ0v) is 6.86. The molecule has 1 unspecified atom stereocenters. The molecular weight excluding hydrogens is 142 g/mol. The maximum Gasteiger partial charge on any atom is 0.146 e. The highest BCUT2D eigenvalue weighted by Crippen LogP contribution is 2.01. The first kappa shape index (κ1) is 10.2. The molecule has 0 fully saturated rings. The van der Waals surface area contributed by atoms with Crippen molar-refractivity contribution in [1.82, 2.24) is 0 Å². The third-order valence-electron chi connectivity index (χ3n) is 1.37. The standard InChI is InChI=1S/C7H15N3O/c1-9-10-7(6-11)4-2-3-5-8/h6-7H,2-5,8H2,1H3/b10-9+. The molecule has 4 nitrogen and oxygen atoms in total. The van der Waals surface area contributed by atoms with Crippen molar-refractivity contribution in [2.45, 2.75) is 25.3 Å². The van der Waals surface area contributed by atoms with E-state index in [4.69, 9.17) is 5.73 Å². The molecule has 64 valence electrons. The lowest BCUT2D eigenvalue weighted by molar-refractivity contribution is -0.109. The van der Waals surface area contributed by atoms with Crippen LogP contribution in [0.4, 0.5) is 0 Å². The summed E-state index contributed by atoms with van der Waals surface area (Å²) in [5, 5.41) is 7.28. The number of carbonyl (C=O) groups is 1. The summed E-state index contributed by atoms with van der Waals surface area (Å²) < 4.78 is 0. The second kappa shape index (κ2) is 7.34. The number of unbranched alkanes of at least 4 members (excludes halogenated alkanes) is 1. The minimum Gasteiger partial charge on any atom is -0.330 e. The number of azo groups is 1. The van der Waals surface area contributed by atoms with E-state index in [9.17, 15) is 4.79 Å². The zero-order chi connectivity index (χ0) is 8.53. The molecule has 0 aromatic heterocycles. The van der Waals surface area contributed by atoms with Crippen LogP contribution in [0.25, 0.3) is 0 Å². The lowest BCUT2D eigenvalue weighted by Gasteiger charge is -2.00. The average Bonchev–Trinajstić information content (AvgIpc) is 2.03. The zero-order valence-electron chi connectivity index (χ0n) is 6.86. The lowest BCUT2D eigenvalue weighted by Crippen LogP contribution is -2.06. The van der Waals surface area contributed by atoms with Gasteiger partial charge in [-0.2, -0.15) is 10.2 Å². The predicted octanol–water partition coefficient (Wildman–Crippen LogP) is 0.765. The molecule has 0 heterocycles. The molecular formula is C7H15N3O. The summed E-state index contributed by atoms with van der Waals surface area (Å²) in [5.74, 6) is 0. The van der Waals surface area contributed by atoms with Crippen LogP contribution in [0.1, 0.15) is 19.3 Å². The van der Waals surface area contributed by atoms with E-state index in [1.54, 1.807) is 7.05 Å². The number of aldehydes is 1. The second-order valence-corrected chi connectivity index (χ2v) is 2.30. The van der Waals surface area contributed by atoms with Gasteiger partial charge in [0.15, 0.2) is 0 Å². The number of carbonyl (C=O) groups excluding carboxylic acids is 1. The highest BCUT2D eigenvalue weighted by Gasteiger charge is 2.02. The van der Waals surface area contributed by atoms with Gasteiger partial charge in [-0.1, -0.05) is 0 Å². The van der Waals surface area contributed by atoms with E-state index in [1.165, 1.54) is 0 Å². The molecule has 0 spiro atoms. The molecule has 0 aliphatic heterocycles. The van der Waals surface area contributed by atoms with Gasteiger partial charge in [0.2, 0.25) is 0 Å². The van der Waals surface area contributed by atoms with Gasteiger partial charge in [-0.3, -0.25) is 0 Å². The summed E-state index contributed by atoms with van der Waals surface area (Å²) in [6.07, 6.45) is 3.48. The maximum atomic E-state index is 10.3. The van der Waals surface area contributed by atoms with E-state index in [-0.39, 0.29) is 6.04 Å². The van der Waals surface area contributed by atoms with Crippen molar-refractivity contribution in [3.05, 3.63) is 0 Å². The molecule has 0 bridgehead atoms. The summed E-state index contributed by atoms with van der Waals surface area (Å²) in [4.78, 5) is 10.3. The van der Waals surface area contributed by atoms with Gasteiger partial charge in [-0.15, -0.1) is 0 Å². The van der Waals surface area contributed by atoms with Gasteiger partial charge in [0.1, 0.15) is 12.3 Å². The Morgan fingerprint density at radius 2 is 2.27 bits per heavy atom. The van der Waals surface area contributed by atoms with Crippen LogP contribution in [0.2, 0.25) is 0 Å². The normalized spacial score (nSPS) is 13.6. The quantitative estimate of drug-likeness (QED) is 0.351. The molecule has 0 radical (unpaired) electrons. The number of nitrogens with two attached hydrogens (primary N) is 1. The van der Waals surface area contributed by atoms with E-state index in [0.29, 0.717) is 6.54 Å². The van der Waals surface area contributed by atoms with E-state index >= 15 is 0 Å². The van der Waals surface area contributed by atoms with Crippen LogP contribution in [-0.4, -0.2) is 25.9 Å². The van der Waals surface area contributed by atoms with Crippen LogP contribution in [0.5, 0.6) is 0 Å². The summed E-state index contributed by atoms with van der Waals surface area (Å²) in [6, 6.07) is -0.258. The smallest absolute Gasteiger partial charge is 0.146 e. The monoisotopic (exact) mass is 157 g/mol.